The van der Waals surface area contributed by atoms with E-state index in [0.29, 0.717) is 0 Å². The maximum Gasteiger partial charge on any atom is 0.339 e. The number of alkyl halides is 2. The lowest BCUT2D eigenvalue weighted by molar-refractivity contribution is 0.0697. The highest BCUT2D eigenvalue weighted by Gasteiger charge is 2.22. The van der Waals surface area contributed by atoms with Crippen LogP contribution in [0.25, 0.3) is 0 Å². The van der Waals surface area contributed by atoms with Gasteiger partial charge in [-0.15, -0.1) is 0 Å². The van der Waals surface area contributed by atoms with Crippen molar-refractivity contribution in [2.75, 3.05) is 5.73 Å². The molecule has 1 rings (SSSR count). The Bertz CT molecular complexity index is 454. The molecular weight excluding hydrogens is 208 g/mol. The van der Waals surface area contributed by atoms with E-state index in [1.165, 1.54) is 6.07 Å². The fraction of sp³-hybridized carbons (Fsp3) is 0.125. The molecule has 0 aliphatic carbocycles. The molecule has 1 aromatic rings. The zero-order valence-corrected chi connectivity index (χ0v) is 7.24. The zero-order valence-electron chi connectivity index (χ0n) is 7.24. The minimum absolute atomic E-state index is 0.343. The monoisotopic (exact) mass is 213 g/mol. The molecular formula is C8H5F2N3O2. The topological polar surface area (TPSA) is 100 Å². The van der Waals surface area contributed by atoms with Gasteiger partial charge in [-0.25, -0.2) is 13.6 Å². The summed E-state index contributed by atoms with van der Waals surface area (Å²) in [5.74, 6) is -1.53. The first-order valence-electron chi connectivity index (χ1n) is 3.69. The van der Waals surface area contributed by atoms with E-state index in [2.05, 4.69) is 4.98 Å². The largest absolute Gasteiger partial charge is 0.478 e. The van der Waals surface area contributed by atoms with Crippen molar-refractivity contribution in [1.82, 2.24) is 4.98 Å². The summed E-state index contributed by atoms with van der Waals surface area (Å²) in [6.07, 6.45) is -2.21. The fourth-order valence-corrected chi connectivity index (χ4v) is 1.03. The van der Waals surface area contributed by atoms with Crippen LogP contribution in [0, 0.1) is 11.3 Å². The van der Waals surface area contributed by atoms with Crippen LogP contribution in [0.1, 0.15) is 28.0 Å². The van der Waals surface area contributed by atoms with Crippen LogP contribution >= 0.6 is 0 Å². The summed E-state index contributed by atoms with van der Waals surface area (Å²) in [5, 5.41) is 17.2. The molecule has 0 aliphatic heterocycles. The third-order valence-electron chi connectivity index (χ3n) is 1.69. The fourth-order valence-electron chi connectivity index (χ4n) is 1.03. The van der Waals surface area contributed by atoms with Gasteiger partial charge in [0, 0.05) is 6.20 Å². The standard InChI is InChI=1S/C8H5F2N3O2/c9-7(10)6-5(12)4(8(14)15)3(1-11)2-13-6/h2,7H,12H2,(H,14,15). The summed E-state index contributed by atoms with van der Waals surface area (Å²) < 4.78 is 24.6. The molecule has 0 amide bonds. The summed E-state index contributed by atoms with van der Waals surface area (Å²) >= 11 is 0. The summed E-state index contributed by atoms with van der Waals surface area (Å²) in [7, 11) is 0. The van der Waals surface area contributed by atoms with Gasteiger partial charge in [0.2, 0.25) is 0 Å². The van der Waals surface area contributed by atoms with Gasteiger partial charge in [0.05, 0.1) is 11.3 Å². The number of carboxylic acid groups (broad SMARTS) is 1. The molecule has 0 unspecified atom stereocenters. The second-order valence-electron chi connectivity index (χ2n) is 2.56. The Kier molecular flexibility index (Phi) is 2.80. The zero-order chi connectivity index (χ0) is 11.6. The highest BCUT2D eigenvalue weighted by atomic mass is 19.3. The lowest BCUT2D eigenvalue weighted by Crippen LogP contribution is -2.10. The molecule has 0 radical (unpaired) electrons. The molecule has 0 spiro atoms. The number of hydrogen-bond donors (Lipinski definition) is 2. The molecule has 5 nitrogen and oxygen atoms in total. The smallest absolute Gasteiger partial charge is 0.339 e. The van der Waals surface area contributed by atoms with Crippen LogP contribution in [0.3, 0.4) is 0 Å². The van der Waals surface area contributed by atoms with Gasteiger partial charge < -0.3 is 10.8 Å². The summed E-state index contributed by atoms with van der Waals surface area (Å²) in [6, 6.07) is 1.52. The molecule has 0 saturated heterocycles. The van der Waals surface area contributed by atoms with Crippen LogP contribution in [0.2, 0.25) is 0 Å². The molecule has 78 valence electrons. The van der Waals surface area contributed by atoms with Crippen molar-refractivity contribution >= 4 is 11.7 Å². The SMILES string of the molecule is N#Cc1cnc(C(F)F)c(N)c1C(=O)O. The Hall–Kier alpha value is -2.23. The van der Waals surface area contributed by atoms with Crippen LogP contribution in [-0.4, -0.2) is 16.1 Å². The van der Waals surface area contributed by atoms with Gasteiger partial charge in [-0.2, -0.15) is 5.26 Å². The van der Waals surface area contributed by atoms with Crippen LogP contribution in [0.4, 0.5) is 14.5 Å². The first kappa shape index (κ1) is 10.8. The second-order valence-corrected chi connectivity index (χ2v) is 2.56. The molecule has 0 bridgehead atoms. The number of nitrogens with two attached hydrogens (primary N) is 1. The number of rotatable bonds is 2. The Morgan fingerprint density at radius 2 is 2.27 bits per heavy atom. The first-order chi connectivity index (χ1) is 6.99. The number of pyridine rings is 1. The molecule has 15 heavy (non-hydrogen) atoms. The number of nitrogens with zero attached hydrogens (tertiary/aromatic N) is 2. The molecule has 0 atom stereocenters. The van der Waals surface area contributed by atoms with Crippen molar-refractivity contribution in [1.29, 1.82) is 5.26 Å². The normalized spacial score (nSPS) is 10.0. The molecule has 0 saturated carbocycles. The maximum absolute atomic E-state index is 12.3. The molecule has 0 fully saturated rings. The number of aromatic carboxylic acids is 1. The van der Waals surface area contributed by atoms with E-state index >= 15 is 0 Å². The number of carbonyl (C=O) groups is 1. The minimum Gasteiger partial charge on any atom is -0.478 e. The summed E-state index contributed by atoms with van der Waals surface area (Å²) in [5.41, 5.74) is 2.71. The highest BCUT2D eigenvalue weighted by Crippen LogP contribution is 2.27. The van der Waals surface area contributed by atoms with Gasteiger partial charge >= 0.3 is 5.97 Å². The number of aromatic nitrogens is 1. The number of hydrogen-bond acceptors (Lipinski definition) is 4. The van der Waals surface area contributed by atoms with Crippen LogP contribution in [-0.2, 0) is 0 Å². The average Bonchev–Trinajstić information content (AvgIpc) is 2.15. The van der Waals surface area contributed by atoms with E-state index in [1.807, 2.05) is 0 Å². The van der Waals surface area contributed by atoms with Crippen molar-refractivity contribution in [3.63, 3.8) is 0 Å². The van der Waals surface area contributed by atoms with Gasteiger partial charge in [-0.3, -0.25) is 4.98 Å². The Morgan fingerprint density at radius 3 is 2.67 bits per heavy atom. The molecule has 0 aromatic carbocycles. The predicted molar refractivity (Wildman–Crippen MR) is 45.3 cm³/mol. The van der Waals surface area contributed by atoms with E-state index in [1.54, 1.807) is 0 Å². The third kappa shape index (κ3) is 1.83. The summed E-state index contributed by atoms with van der Waals surface area (Å²) in [6.45, 7) is 0. The quantitative estimate of drug-likeness (QED) is 0.767. The van der Waals surface area contributed by atoms with Gasteiger partial charge in [0.15, 0.2) is 0 Å². The molecule has 1 heterocycles. The van der Waals surface area contributed by atoms with E-state index < -0.39 is 29.3 Å². The van der Waals surface area contributed by atoms with E-state index in [9.17, 15) is 13.6 Å². The number of anilines is 1. The number of nitriles is 1. The number of nitrogen functional groups attached to an aromatic ring is 1. The van der Waals surface area contributed by atoms with Crippen molar-refractivity contribution in [3.8, 4) is 6.07 Å². The van der Waals surface area contributed by atoms with Gasteiger partial charge in [-0.1, -0.05) is 0 Å². The first-order valence-corrected chi connectivity index (χ1v) is 3.69. The van der Waals surface area contributed by atoms with Gasteiger partial charge in [-0.05, 0) is 0 Å². The number of halogens is 2. The third-order valence-corrected chi connectivity index (χ3v) is 1.69. The van der Waals surface area contributed by atoms with Crippen molar-refractivity contribution in [2.24, 2.45) is 0 Å². The Morgan fingerprint density at radius 1 is 1.67 bits per heavy atom. The Labute approximate surface area is 82.8 Å². The predicted octanol–water partition coefficient (Wildman–Crippen LogP) is 1.17. The van der Waals surface area contributed by atoms with E-state index in [0.717, 1.165) is 6.20 Å². The van der Waals surface area contributed by atoms with Gasteiger partial charge in [0.1, 0.15) is 17.3 Å². The molecule has 3 N–H and O–H groups in total. The van der Waals surface area contributed by atoms with Gasteiger partial charge in [0.25, 0.3) is 6.43 Å². The highest BCUT2D eigenvalue weighted by molar-refractivity contribution is 5.96. The maximum atomic E-state index is 12.3. The average molecular weight is 213 g/mol. The van der Waals surface area contributed by atoms with E-state index in [4.69, 9.17) is 16.1 Å². The molecule has 1 aromatic heterocycles. The van der Waals surface area contributed by atoms with Crippen LogP contribution in [0.15, 0.2) is 6.20 Å². The lowest BCUT2D eigenvalue weighted by Gasteiger charge is -2.07. The summed E-state index contributed by atoms with van der Waals surface area (Å²) in [4.78, 5) is 13.9. The Balaban J connectivity index is 3.51. The minimum atomic E-state index is -2.98. The van der Waals surface area contributed by atoms with Crippen molar-refractivity contribution < 1.29 is 18.7 Å². The lowest BCUT2D eigenvalue weighted by atomic mass is 10.1. The van der Waals surface area contributed by atoms with E-state index in [-0.39, 0.29) is 5.56 Å². The molecule has 7 heteroatoms. The second kappa shape index (κ2) is 3.88. The van der Waals surface area contributed by atoms with Crippen LogP contribution in [0.5, 0.6) is 0 Å². The van der Waals surface area contributed by atoms with Crippen LogP contribution < -0.4 is 5.73 Å². The number of carboxylic acids is 1. The van der Waals surface area contributed by atoms with Crippen molar-refractivity contribution in [2.45, 2.75) is 6.43 Å². The van der Waals surface area contributed by atoms with Crippen molar-refractivity contribution in [3.05, 3.63) is 23.0 Å². The molecule has 0 aliphatic rings.